The van der Waals surface area contributed by atoms with Gasteiger partial charge in [-0.15, -0.1) is 0 Å². The third-order valence-electron chi connectivity index (χ3n) is 4.41. The highest BCUT2D eigenvalue weighted by molar-refractivity contribution is 7.92. The molecule has 2 heterocycles. The summed E-state index contributed by atoms with van der Waals surface area (Å²) in [4.78, 5) is 33.9. The van der Waals surface area contributed by atoms with Crippen LogP contribution in [0.15, 0.2) is 76.5 Å². The Labute approximate surface area is 203 Å². The minimum absolute atomic E-state index is 0.0631. The monoisotopic (exact) mass is 523 g/mol. The van der Waals surface area contributed by atoms with Crippen LogP contribution in [-0.4, -0.2) is 30.2 Å². The zero-order valence-corrected chi connectivity index (χ0v) is 19.4. The Morgan fingerprint density at radius 3 is 2.15 bits per heavy atom. The Balaban J connectivity index is 1.53. The Kier molecular flexibility index (Phi) is 6.26. The molecular formula is C20H12Cl3N5O4S. The molecule has 33 heavy (non-hydrogen) atoms. The average Bonchev–Trinajstić information content (AvgIpc) is 3.00. The van der Waals surface area contributed by atoms with E-state index in [4.69, 9.17) is 34.8 Å². The molecule has 2 aromatic carbocycles. The van der Waals surface area contributed by atoms with Crippen LogP contribution in [0.25, 0.3) is 0 Å². The fraction of sp³-hybridized carbons (Fsp3) is 0. The van der Waals surface area contributed by atoms with Crippen LogP contribution in [-0.2, 0) is 19.6 Å². The Bertz CT molecular complexity index is 1400. The van der Waals surface area contributed by atoms with E-state index < -0.39 is 21.8 Å². The summed E-state index contributed by atoms with van der Waals surface area (Å²) >= 11 is 18.0. The first-order valence-electron chi connectivity index (χ1n) is 9.08. The molecule has 0 spiro atoms. The molecule has 0 unspecified atom stereocenters. The molecule has 0 bridgehead atoms. The van der Waals surface area contributed by atoms with E-state index in [-0.39, 0.29) is 37.3 Å². The molecule has 3 aromatic rings. The van der Waals surface area contributed by atoms with Crippen LogP contribution in [0.5, 0.6) is 0 Å². The second-order valence-corrected chi connectivity index (χ2v) is 9.44. The summed E-state index contributed by atoms with van der Waals surface area (Å²) in [7, 11) is -3.93. The van der Waals surface area contributed by atoms with Crippen molar-refractivity contribution in [2.75, 3.05) is 14.9 Å². The number of amides is 2. The number of nitrogens with zero attached hydrogens (tertiary/aromatic N) is 3. The fourth-order valence-electron chi connectivity index (χ4n) is 2.86. The second kappa shape index (κ2) is 8.99. The Morgan fingerprint density at radius 1 is 0.848 bits per heavy atom. The van der Waals surface area contributed by atoms with E-state index in [0.717, 1.165) is 4.90 Å². The largest absolute Gasteiger partial charge is 0.350 e. The number of sulfonamides is 1. The van der Waals surface area contributed by atoms with E-state index in [1.54, 1.807) is 6.07 Å². The van der Waals surface area contributed by atoms with Gasteiger partial charge in [-0.05, 0) is 48.5 Å². The Hall–Kier alpha value is -3.18. The molecule has 13 heteroatoms. The molecular weight excluding hydrogens is 513 g/mol. The molecule has 1 aliphatic heterocycles. The van der Waals surface area contributed by atoms with Crippen molar-refractivity contribution in [2.24, 2.45) is 0 Å². The molecule has 4 rings (SSSR count). The number of rotatable bonds is 6. The van der Waals surface area contributed by atoms with E-state index in [2.05, 4.69) is 20.0 Å². The summed E-state index contributed by atoms with van der Waals surface area (Å²) in [6.45, 7) is 0. The van der Waals surface area contributed by atoms with Gasteiger partial charge in [-0.2, -0.15) is 0 Å². The van der Waals surface area contributed by atoms with Gasteiger partial charge in [0.2, 0.25) is 5.95 Å². The average molecular weight is 525 g/mol. The lowest BCUT2D eigenvalue weighted by molar-refractivity contribution is -0.120. The fourth-order valence-corrected chi connectivity index (χ4v) is 4.33. The van der Waals surface area contributed by atoms with Gasteiger partial charge in [0.1, 0.15) is 10.7 Å². The number of benzene rings is 2. The van der Waals surface area contributed by atoms with Gasteiger partial charge in [0.15, 0.2) is 0 Å². The number of hydrogen-bond donors (Lipinski definition) is 2. The van der Waals surface area contributed by atoms with Crippen LogP contribution in [0.4, 0.5) is 17.3 Å². The molecule has 0 saturated heterocycles. The number of nitrogens with one attached hydrogen (secondary N) is 2. The van der Waals surface area contributed by atoms with E-state index >= 15 is 0 Å². The molecule has 1 aromatic heterocycles. The zero-order valence-electron chi connectivity index (χ0n) is 16.3. The van der Waals surface area contributed by atoms with E-state index in [1.165, 1.54) is 54.9 Å². The first-order chi connectivity index (χ1) is 15.7. The third-order valence-corrected chi connectivity index (χ3v) is 6.85. The van der Waals surface area contributed by atoms with Crippen LogP contribution in [0, 0.1) is 0 Å². The topological polar surface area (TPSA) is 121 Å². The third kappa shape index (κ3) is 4.64. The van der Waals surface area contributed by atoms with Crippen LogP contribution in [0.1, 0.15) is 0 Å². The molecule has 1 aliphatic rings. The summed E-state index contributed by atoms with van der Waals surface area (Å²) in [5.74, 6) is -1.52. The molecule has 9 nitrogen and oxygen atoms in total. The van der Waals surface area contributed by atoms with Crippen LogP contribution < -0.4 is 14.9 Å². The lowest BCUT2D eigenvalue weighted by Gasteiger charge is -2.15. The number of hydrogen-bond acceptors (Lipinski definition) is 7. The van der Waals surface area contributed by atoms with Crippen LogP contribution >= 0.6 is 34.8 Å². The number of carbonyl (C=O) groups is 2. The van der Waals surface area contributed by atoms with Crippen LogP contribution in [0.2, 0.25) is 10.0 Å². The molecule has 0 saturated carbocycles. The van der Waals surface area contributed by atoms with Gasteiger partial charge < -0.3 is 5.32 Å². The number of carbonyl (C=O) groups excluding carboxylic acids is 2. The number of aromatic nitrogens is 2. The Morgan fingerprint density at radius 2 is 1.52 bits per heavy atom. The smallest absolute Gasteiger partial charge is 0.283 e. The maximum Gasteiger partial charge on any atom is 0.283 e. The lowest BCUT2D eigenvalue weighted by atomic mass is 10.3. The van der Waals surface area contributed by atoms with Gasteiger partial charge in [-0.25, -0.2) is 28.0 Å². The van der Waals surface area contributed by atoms with Gasteiger partial charge in [-0.3, -0.25) is 9.59 Å². The summed E-state index contributed by atoms with van der Waals surface area (Å²) in [6.07, 6.45) is 2.80. The molecule has 0 radical (unpaired) electrons. The van der Waals surface area contributed by atoms with Gasteiger partial charge in [-0.1, -0.05) is 34.8 Å². The van der Waals surface area contributed by atoms with Crippen molar-refractivity contribution in [2.45, 2.75) is 4.90 Å². The molecule has 0 atom stereocenters. The van der Waals surface area contributed by atoms with Crippen molar-refractivity contribution in [1.29, 1.82) is 0 Å². The summed E-state index contributed by atoms with van der Waals surface area (Å²) in [6, 6.07) is 11.3. The van der Waals surface area contributed by atoms with Crippen molar-refractivity contribution < 1.29 is 18.0 Å². The van der Waals surface area contributed by atoms with Crippen molar-refractivity contribution in [3.63, 3.8) is 0 Å². The van der Waals surface area contributed by atoms with Gasteiger partial charge in [0.05, 0.1) is 20.6 Å². The lowest BCUT2D eigenvalue weighted by Crippen LogP contribution is -2.32. The summed E-state index contributed by atoms with van der Waals surface area (Å²) in [5, 5.41) is 2.86. The van der Waals surface area contributed by atoms with Gasteiger partial charge >= 0.3 is 0 Å². The zero-order chi connectivity index (χ0) is 23.8. The van der Waals surface area contributed by atoms with Crippen LogP contribution in [0.3, 0.4) is 0 Å². The molecule has 2 amide bonds. The normalized spacial score (nSPS) is 14.1. The minimum Gasteiger partial charge on any atom is -0.350 e. The molecule has 2 N–H and O–H groups in total. The van der Waals surface area contributed by atoms with Gasteiger partial charge in [0.25, 0.3) is 21.8 Å². The molecule has 168 valence electrons. The molecule has 0 fully saturated rings. The van der Waals surface area contributed by atoms with Crippen molar-refractivity contribution >= 4 is 74.0 Å². The highest BCUT2D eigenvalue weighted by Gasteiger charge is 2.39. The highest BCUT2D eigenvalue weighted by Crippen LogP contribution is 2.33. The van der Waals surface area contributed by atoms with Crippen molar-refractivity contribution in [3.05, 3.63) is 81.7 Å². The summed E-state index contributed by atoms with van der Waals surface area (Å²) < 4.78 is 27.2. The quantitative estimate of drug-likeness (QED) is 0.467. The van der Waals surface area contributed by atoms with Crippen molar-refractivity contribution in [3.8, 4) is 0 Å². The second-order valence-electron chi connectivity index (χ2n) is 6.56. The maximum atomic E-state index is 12.9. The minimum atomic E-state index is -3.93. The van der Waals surface area contributed by atoms with E-state index in [0.29, 0.717) is 5.69 Å². The predicted octanol–water partition coefficient (Wildman–Crippen LogP) is 4.02. The van der Waals surface area contributed by atoms with E-state index in [1.807, 2.05) is 0 Å². The SMILES string of the molecule is O=C1C(Cl)=C(Nc2ccc(S(=O)(=O)Nc3ncccn3)cc2)C(=O)N1c1ccc(Cl)c(Cl)c1. The number of imide groups is 1. The molecule has 0 aliphatic carbocycles. The van der Waals surface area contributed by atoms with Crippen molar-refractivity contribution in [1.82, 2.24) is 9.97 Å². The van der Waals surface area contributed by atoms with Gasteiger partial charge in [0, 0.05) is 18.1 Å². The number of halogens is 3. The summed E-state index contributed by atoms with van der Waals surface area (Å²) in [5.41, 5.74) is 0.361. The van der Waals surface area contributed by atoms with E-state index in [9.17, 15) is 18.0 Å². The standard InChI is InChI=1S/C20H12Cl3N5O4S/c21-14-7-4-12(10-15(14)22)28-18(29)16(23)17(19(28)30)26-11-2-5-13(6-3-11)33(31,32)27-20-24-8-1-9-25-20/h1-10,26H,(H,24,25,27). The first-order valence-corrected chi connectivity index (χ1v) is 11.7. The maximum absolute atomic E-state index is 12.9. The number of anilines is 3. The predicted molar refractivity (Wildman–Crippen MR) is 125 cm³/mol. The first kappa shape index (κ1) is 23.0. The highest BCUT2D eigenvalue weighted by atomic mass is 35.5.